The van der Waals surface area contributed by atoms with Crippen LogP contribution >= 0.6 is 11.6 Å². The Hall–Kier alpha value is -1.33. The van der Waals surface area contributed by atoms with Gasteiger partial charge in [0.1, 0.15) is 5.02 Å². The molecule has 2 aliphatic heterocycles. The lowest BCUT2D eigenvalue weighted by Crippen LogP contribution is -2.33. The standard InChI is InChI=1S/C14H18ClN3O2/c1-9-7-14(18(19)20)10(15)8-12(9)16-11-4-6-17-5-2-3-13(11)17/h7-8,11,13,16H,2-6H2,1H3. The molecular weight excluding hydrogens is 278 g/mol. The molecule has 2 fully saturated rings. The van der Waals surface area contributed by atoms with E-state index in [2.05, 4.69) is 10.2 Å². The number of anilines is 1. The summed E-state index contributed by atoms with van der Waals surface area (Å²) in [7, 11) is 0. The van der Waals surface area contributed by atoms with Gasteiger partial charge in [-0.15, -0.1) is 0 Å². The summed E-state index contributed by atoms with van der Waals surface area (Å²) < 4.78 is 0. The Morgan fingerprint density at radius 2 is 2.20 bits per heavy atom. The summed E-state index contributed by atoms with van der Waals surface area (Å²) in [5.41, 5.74) is 1.76. The highest BCUT2D eigenvalue weighted by atomic mass is 35.5. The number of aryl methyl sites for hydroxylation is 1. The average Bonchev–Trinajstić information content (AvgIpc) is 2.97. The first kappa shape index (κ1) is 13.6. The summed E-state index contributed by atoms with van der Waals surface area (Å²) in [5.74, 6) is 0. The number of nitro groups is 1. The Labute approximate surface area is 123 Å². The molecule has 108 valence electrons. The summed E-state index contributed by atoms with van der Waals surface area (Å²) in [6.07, 6.45) is 3.62. The molecule has 0 saturated carbocycles. The summed E-state index contributed by atoms with van der Waals surface area (Å²) in [4.78, 5) is 13.0. The highest BCUT2D eigenvalue weighted by Gasteiger charge is 2.37. The van der Waals surface area contributed by atoms with Crippen LogP contribution in [0.4, 0.5) is 11.4 Å². The van der Waals surface area contributed by atoms with Gasteiger partial charge in [0, 0.05) is 30.4 Å². The predicted octanol–water partition coefficient (Wildman–Crippen LogP) is 3.21. The van der Waals surface area contributed by atoms with Crippen LogP contribution in [0.5, 0.6) is 0 Å². The maximum atomic E-state index is 10.9. The van der Waals surface area contributed by atoms with Gasteiger partial charge in [-0.05, 0) is 44.4 Å². The Balaban J connectivity index is 1.81. The molecule has 1 aromatic carbocycles. The van der Waals surface area contributed by atoms with E-state index in [0.717, 1.165) is 24.2 Å². The Kier molecular flexibility index (Phi) is 3.56. The molecule has 6 heteroatoms. The number of fused-ring (bicyclic) bond motifs is 1. The monoisotopic (exact) mass is 295 g/mol. The third kappa shape index (κ3) is 2.36. The first-order valence-corrected chi connectivity index (χ1v) is 7.39. The number of benzene rings is 1. The maximum Gasteiger partial charge on any atom is 0.288 e. The van der Waals surface area contributed by atoms with Crippen molar-refractivity contribution in [3.05, 3.63) is 32.8 Å². The van der Waals surface area contributed by atoms with Crippen molar-refractivity contribution in [3.8, 4) is 0 Å². The smallest absolute Gasteiger partial charge is 0.288 e. The number of rotatable bonds is 3. The lowest BCUT2D eigenvalue weighted by atomic mass is 10.1. The molecule has 1 aromatic rings. The fourth-order valence-corrected chi connectivity index (χ4v) is 3.64. The minimum atomic E-state index is -0.437. The number of nitrogens with one attached hydrogen (secondary N) is 1. The van der Waals surface area contributed by atoms with Gasteiger partial charge in [0.15, 0.2) is 0 Å². The van der Waals surface area contributed by atoms with Crippen LogP contribution in [0.15, 0.2) is 12.1 Å². The summed E-state index contributed by atoms with van der Waals surface area (Å²) >= 11 is 6.00. The zero-order valence-electron chi connectivity index (χ0n) is 11.4. The molecule has 0 amide bonds. The van der Waals surface area contributed by atoms with Crippen LogP contribution in [0.3, 0.4) is 0 Å². The molecule has 0 radical (unpaired) electrons. The minimum Gasteiger partial charge on any atom is -0.380 e. The normalized spacial score (nSPS) is 25.7. The van der Waals surface area contributed by atoms with Gasteiger partial charge in [-0.25, -0.2) is 0 Å². The minimum absolute atomic E-state index is 0.0244. The van der Waals surface area contributed by atoms with Crippen LogP contribution in [0.25, 0.3) is 0 Å². The average molecular weight is 296 g/mol. The first-order valence-electron chi connectivity index (χ1n) is 7.01. The van der Waals surface area contributed by atoms with E-state index in [1.54, 1.807) is 12.1 Å². The van der Waals surface area contributed by atoms with E-state index in [1.807, 2.05) is 6.92 Å². The molecule has 0 aromatic heterocycles. The fourth-order valence-electron chi connectivity index (χ4n) is 3.41. The van der Waals surface area contributed by atoms with Crippen molar-refractivity contribution in [2.75, 3.05) is 18.4 Å². The molecule has 2 aliphatic rings. The lowest BCUT2D eigenvalue weighted by Gasteiger charge is -2.23. The van der Waals surface area contributed by atoms with Crippen molar-refractivity contribution in [2.45, 2.75) is 38.3 Å². The first-order chi connectivity index (χ1) is 9.56. The van der Waals surface area contributed by atoms with E-state index in [0.29, 0.717) is 12.1 Å². The van der Waals surface area contributed by atoms with Crippen LogP contribution < -0.4 is 5.32 Å². The third-order valence-electron chi connectivity index (χ3n) is 4.44. The van der Waals surface area contributed by atoms with Crippen molar-refractivity contribution >= 4 is 23.0 Å². The second-order valence-electron chi connectivity index (χ2n) is 5.66. The number of nitrogens with zero attached hydrogens (tertiary/aromatic N) is 2. The third-order valence-corrected chi connectivity index (χ3v) is 4.74. The molecule has 0 bridgehead atoms. The van der Waals surface area contributed by atoms with Gasteiger partial charge >= 0.3 is 0 Å². The molecule has 20 heavy (non-hydrogen) atoms. The van der Waals surface area contributed by atoms with E-state index >= 15 is 0 Å². The highest BCUT2D eigenvalue weighted by molar-refractivity contribution is 6.33. The summed E-state index contributed by atoms with van der Waals surface area (Å²) in [6, 6.07) is 4.26. The SMILES string of the molecule is Cc1cc([N+](=O)[O-])c(Cl)cc1NC1CCN2CCCC12. The highest BCUT2D eigenvalue weighted by Crippen LogP contribution is 2.34. The van der Waals surface area contributed by atoms with Crippen molar-refractivity contribution in [2.24, 2.45) is 0 Å². The lowest BCUT2D eigenvalue weighted by molar-refractivity contribution is -0.384. The summed E-state index contributed by atoms with van der Waals surface area (Å²) in [6.45, 7) is 4.22. The van der Waals surface area contributed by atoms with Gasteiger partial charge in [0.05, 0.1) is 4.92 Å². The van der Waals surface area contributed by atoms with Gasteiger partial charge in [-0.1, -0.05) is 11.6 Å². The van der Waals surface area contributed by atoms with Crippen molar-refractivity contribution < 1.29 is 4.92 Å². The molecule has 0 spiro atoms. The van der Waals surface area contributed by atoms with Crippen LogP contribution in [-0.2, 0) is 0 Å². The second kappa shape index (κ2) is 5.22. The molecule has 2 saturated heterocycles. The van der Waals surface area contributed by atoms with Crippen molar-refractivity contribution in [1.29, 1.82) is 0 Å². The van der Waals surface area contributed by atoms with E-state index < -0.39 is 4.92 Å². The molecule has 2 atom stereocenters. The van der Waals surface area contributed by atoms with E-state index in [1.165, 1.54) is 19.4 Å². The molecular formula is C14H18ClN3O2. The number of nitro benzene ring substituents is 1. The Morgan fingerprint density at radius 1 is 1.40 bits per heavy atom. The molecule has 2 heterocycles. The van der Waals surface area contributed by atoms with Crippen LogP contribution in [0, 0.1) is 17.0 Å². The number of hydrogen-bond acceptors (Lipinski definition) is 4. The van der Waals surface area contributed by atoms with Gasteiger partial charge in [-0.3, -0.25) is 15.0 Å². The van der Waals surface area contributed by atoms with E-state index in [4.69, 9.17) is 11.6 Å². The van der Waals surface area contributed by atoms with Crippen LogP contribution in [0.1, 0.15) is 24.8 Å². The second-order valence-corrected chi connectivity index (χ2v) is 6.07. The van der Waals surface area contributed by atoms with Crippen molar-refractivity contribution in [3.63, 3.8) is 0 Å². The van der Waals surface area contributed by atoms with Gasteiger partial charge in [0.2, 0.25) is 0 Å². The van der Waals surface area contributed by atoms with Crippen molar-refractivity contribution in [1.82, 2.24) is 4.90 Å². The Morgan fingerprint density at radius 3 is 2.95 bits per heavy atom. The van der Waals surface area contributed by atoms with E-state index in [9.17, 15) is 10.1 Å². The van der Waals surface area contributed by atoms with Gasteiger partial charge in [-0.2, -0.15) is 0 Å². The molecule has 0 aliphatic carbocycles. The van der Waals surface area contributed by atoms with Gasteiger partial charge < -0.3 is 5.32 Å². The predicted molar refractivity (Wildman–Crippen MR) is 79.5 cm³/mol. The fraction of sp³-hybridized carbons (Fsp3) is 0.571. The maximum absolute atomic E-state index is 10.9. The largest absolute Gasteiger partial charge is 0.380 e. The molecule has 2 unspecified atom stereocenters. The van der Waals surface area contributed by atoms with Crippen LogP contribution in [-0.4, -0.2) is 35.0 Å². The van der Waals surface area contributed by atoms with E-state index in [-0.39, 0.29) is 10.7 Å². The zero-order chi connectivity index (χ0) is 14.3. The topological polar surface area (TPSA) is 58.4 Å². The molecule has 3 rings (SSSR count). The van der Waals surface area contributed by atoms with Gasteiger partial charge in [0.25, 0.3) is 5.69 Å². The van der Waals surface area contributed by atoms with Crippen LogP contribution in [0.2, 0.25) is 5.02 Å². The zero-order valence-corrected chi connectivity index (χ0v) is 12.2. The quantitative estimate of drug-likeness (QED) is 0.687. The molecule has 1 N–H and O–H groups in total. The summed E-state index contributed by atoms with van der Waals surface area (Å²) in [5, 5.41) is 14.6. The molecule has 5 nitrogen and oxygen atoms in total. The Bertz CT molecular complexity index is 549. The number of halogens is 1. The number of hydrogen-bond donors (Lipinski definition) is 1.